The average Bonchev–Trinajstić information content (AvgIpc) is 2.72. The van der Waals surface area contributed by atoms with Gasteiger partial charge in [0.15, 0.2) is 0 Å². The second-order valence-corrected chi connectivity index (χ2v) is 6.46. The highest BCUT2D eigenvalue weighted by molar-refractivity contribution is 5.23. The second kappa shape index (κ2) is 9.22. The largest absolute Gasteiger partial charge is 0.313 e. The van der Waals surface area contributed by atoms with Gasteiger partial charge in [0.2, 0.25) is 0 Å². The standard InChI is InChI=1S/C19H32N2/c1-3-7-17-10-6-12-21(13-11-17)16-19-9-5-8-18(14-19)15-20-4-2/h5,8-9,14,17,20H,3-4,6-7,10-13,15-16H2,1-2H3. The quantitative estimate of drug-likeness (QED) is 0.809. The molecule has 2 rings (SSSR count). The van der Waals surface area contributed by atoms with E-state index in [-0.39, 0.29) is 0 Å². The highest BCUT2D eigenvalue weighted by Crippen LogP contribution is 2.23. The maximum Gasteiger partial charge on any atom is 0.0233 e. The van der Waals surface area contributed by atoms with Gasteiger partial charge in [-0.15, -0.1) is 0 Å². The summed E-state index contributed by atoms with van der Waals surface area (Å²) >= 11 is 0. The van der Waals surface area contributed by atoms with E-state index in [0.29, 0.717) is 0 Å². The molecule has 1 heterocycles. The van der Waals surface area contributed by atoms with Crippen LogP contribution in [0.15, 0.2) is 24.3 Å². The first kappa shape index (κ1) is 16.5. The average molecular weight is 288 g/mol. The van der Waals surface area contributed by atoms with Gasteiger partial charge in [-0.05, 0) is 55.9 Å². The Bertz CT molecular complexity index is 402. The zero-order chi connectivity index (χ0) is 14.9. The Morgan fingerprint density at radius 3 is 2.81 bits per heavy atom. The zero-order valence-corrected chi connectivity index (χ0v) is 13.9. The fourth-order valence-electron chi connectivity index (χ4n) is 3.45. The van der Waals surface area contributed by atoms with Crippen molar-refractivity contribution in [3.8, 4) is 0 Å². The van der Waals surface area contributed by atoms with Gasteiger partial charge >= 0.3 is 0 Å². The minimum absolute atomic E-state index is 0.972. The van der Waals surface area contributed by atoms with E-state index >= 15 is 0 Å². The van der Waals surface area contributed by atoms with Gasteiger partial charge < -0.3 is 5.32 Å². The van der Waals surface area contributed by atoms with Crippen LogP contribution in [0.3, 0.4) is 0 Å². The van der Waals surface area contributed by atoms with Crippen LogP contribution in [0, 0.1) is 5.92 Å². The molecule has 0 saturated carbocycles. The summed E-state index contributed by atoms with van der Waals surface area (Å²) in [5.74, 6) is 0.972. The Morgan fingerprint density at radius 2 is 2.00 bits per heavy atom. The molecule has 118 valence electrons. The number of hydrogen-bond donors (Lipinski definition) is 1. The Hall–Kier alpha value is -0.860. The molecule has 1 N–H and O–H groups in total. The third-order valence-electron chi connectivity index (χ3n) is 4.61. The minimum Gasteiger partial charge on any atom is -0.313 e. The molecule has 0 radical (unpaired) electrons. The third kappa shape index (κ3) is 5.80. The fraction of sp³-hybridized carbons (Fsp3) is 0.684. The molecule has 2 heteroatoms. The SMILES string of the molecule is CCCC1CCCN(Cc2cccc(CNCC)c2)CC1. The molecule has 1 aromatic carbocycles. The van der Waals surface area contributed by atoms with Crippen molar-refractivity contribution in [2.24, 2.45) is 5.92 Å². The molecule has 1 saturated heterocycles. The molecule has 1 aromatic rings. The lowest BCUT2D eigenvalue weighted by molar-refractivity contribution is 0.271. The molecule has 2 nitrogen and oxygen atoms in total. The van der Waals surface area contributed by atoms with Gasteiger partial charge in [0.05, 0.1) is 0 Å². The summed E-state index contributed by atoms with van der Waals surface area (Å²) < 4.78 is 0. The molecule has 1 aliphatic heterocycles. The van der Waals surface area contributed by atoms with Crippen molar-refractivity contribution in [3.05, 3.63) is 35.4 Å². The predicted octanol–water partition coefficient (Wildman–Crippen LogP) is 4.20. The van der Waals surface area contributed by atoms with Gasteiger partial charge in [-0.1, -0.05) is 51.0 Å². The van der Waals surface area contributed by atoms with Crippen LogP contribution in [0.1, 0.15) is 57.1 Å². The van der Waals surface area contributed by atoms with E-state index in [1.807, 2.05) is 0 Å². The smallest absolute Gasteiger partial charge is 0.0233 e. The van der Waals surface area contributed by atoms with Crippen molar-refractivity contribution in [2.75, 3.05) is 19.6 Å². The summed E-state index contributed by atoms with van der Waals surface area (Å²) in [4.78, 5) is 2.65. The Balaban J connectivity index is 1.86. The van der Waals surface area contributed by atoms with E-state index in [1.165, 1.54) is 56.3 Å². The van der Waals surface area contributed by atoms with Crippen molar-refractivity contribution in [3.63, 3.8) is 0 Å². The molecular formula is C19H32N2. The van der Waals surface area contributed by atoms with Crippen molar-refractivity contribution in [1.29, 1.82) is 0 Å². The van der Waals surface area contributed by atoms with Gasteiger partial charge in [0, 0.05) is 13.1 Å². The Kier molecular flexibility index (Phi) is 7.25. The molecule has 21 heavy (non-hydrogen) atoms. The number of nitrogens with one attached hydrogen (secondary N) is 1. The topological polar surface area (TPSA) is 15.3 Å². The van der Waals surface area contributed by atoms with Gasteiger partial charge in [-0.25, -0.2) is 0 Å². The zero-order valence-electron chi connectivity index (χ0n) is 13.9. The summed E-state index contributed by atoms with van der Waals surface area (Å²) in [6.07, 6.45) is 6.97. The van der Waals surface area contributed by atoms with Crippen LogP contribution >= 0.6 is 0 Å². The first-order valence-electron chi connectivity index (χ1n) is 8.82. The monoisotopic (exact) mass is 288 g/mol. The lowest BCUT2D eigenvalue weighted by Gasteiger charge is -2.20. The van der Waals surface area contributed by atoms with E-state index in [4.69, 9.17) is 0 Å². The molecule has 0 spiro atoms. The molecule has 1 atom stereocenters. The first-order chi connectivity index (χ1) is 10.3. The molecule has 0 bridgehead atoms. The molecule has 0 aliphatic carbocycles. The molecular weight excluding hydrogens is 256 g/mol. The van der Waals surface area contributed by atoms with Gasteiger partial charge in [-0.3, -0.25) is 4.90 Å². The van der Waals surface area contributed by atoms with Crippen LogP contribution in [-0.2, 0) is 13.1 Å². The molecule has 0 amide bonds. The molecule has 0 aromatic heterocycles. The van der Waals surface area contributed by atoms with E-state index < -0.39 is 0 Å². The van der Waals surface area contributed by atoms with E-state index in [9.17, 15) is 0 Å². The third-order valence-corrected chi connectivity index (χ3v) is 4.61. The fourth-order valence-corrected chi connectivity index (χ4v) is 3.45. The molecule has 1 fully saturated rings. The lowest BCUT2D eigenvalue weighted by atomic mass is 9.96. The number of rotatable bonds is 7. The van der Waals surface area contributed by atoms with Gasteiger partial charge in [0.25, 0.3) is 0 Å². The maximum absolute atomic E-state index is 3.41. The van der Waals surface area contributed by atoms with E-state index in [1.54, 1.807) is 0 Å². The number of nitrogens with zero attached hydrogens (tertiary/aromatic N) is 1. The van der Waals surface area contributed by atoms with Crippen molar-refractivity contribution < 1.29 is 0 Å². The summed E-state index contributed by atoms with van der Waals surface area (Å²) in [6.45, 7) is 10.2. The highest BCUT2D eigenvalue weighted by Gasteiger charge is 2.16. The Morgan fingerprint density at radius 1 is 1.14 bits per heavy atom. The van der Waals surface area contributed by atoms with Crippen LogP contribution in [0.5, 0.6) is 0 Å². The van der Waals surface area contributed by atoms with Crippen molar-refractivity contribution >= 4 is 0 Å². The van der Waals surface area contributed by atoms with Crippen LogP contribution in [-0.4, -0.2) is 24.5 Å². The summed E-state index contributed by atoms with van der Waals surface area (Å²) in [5.41, 5.74) is 2.88. The van der Waals surface area contributed by atoms with Gasteiger partial charge in [-0.2, -0.15) is 0 Å². The molecule has 1 aliphatic rings. The van der Waals surface area contributed by atoms with Crippen LogP contribution in [0.2, 0.25) is 0 Å². The van der Waals surface area contributed by atoms with Gasteiger partial charge in [0.1, 0.15) is 0 Å². The second-order valence-electron chi connectivity index (χ2n) is 6.46. The summed E-state index contributed by atoms with van der Waals surface area (Å²) in [5, 5.41) is 3.41. The Labute approximate surface area is 130 Å². The highest BCUT2D eigenvalue weighted by atomic mass is 15.1. The molecule has 1 unspecified atom stereocenters. The predicted molar refractivity (Wildman–Crippen MR) is 91.3 cm³/mol. The summed E-state index contributed by atoms with van der Waals surface area (Å²) in [6, 6.07) is 9.09. The van der Waals surface area contributed by atoms with Crippen molar-refractivity contribution in [2.45, 2.75) is 59.0 Å². The van der Waals surface area contributed by atoms with Crippen LogP contribution in [0.4, 0.5) is 0 Å². The lowest BCUT2D eigenvalue weighted by Crippen LogP contribution is -2.24. The van der Waals surface area contributed by atoms with Crippen LogP contribution in [0.25, 0.3) is 0 Å². The number of hydrogen-bond acceptors (Lipinski definition) is 2. The van der Waals surface area contributed by atoms with E-state index in [2.05, 4.69) is 48.3 Å². The van der Waals surface area contributed by atoms with E-state index in [0.717, 1.165) is 25.6 Å². The van der Waals surface area contributed by atoms with Crippen molar-refractivity contribution in [1.82, 2.24) is 10.2 Å². The number of benzene rings is 1. The summed E-state index contributed by atoms with van der Waals surface area (Å²) in [7, 11) is 0. The normalized spacial score (nSPS) is 20.4. The maximum atomic E-state index is 3.41. The first-order valence-corrected chi connectivity index (χ1v) is 8.82. The number of likely N-dealkylation sites (tertiary alicyclic amines) is 1. The van der Waals surface area contributed by atoms with Crippen LogP contribution < -0.4 is 5.32 Å². The minimum atomic E-state index is 0.972.